The summed E-state index contributed by atoms with van der Waals surface area (Å²) in [6.45, 7) is 2.11. The number of nitrogens with zero attached hydrogens (tertiary/aromatic N) is 5. The number of carbonyl (C=O) groups excluding carboxylic acids is 1. The molecule has 2 aromatic heterocycles. The van der Waals surface area contributed by atoms with Crippen LogP contribution in [0.2, 0.25) is 0 Å². The zero-order valence-corrected chi connectivity index (χ0v) is 25.9. The van der Waals surface area contributed by atoms with Crippen LogP contribution in [0, 0.1) is 0 Å². The maximum absolute atomic E-state index is 14.4. The van der Waals surface area contributed by atoms with Crippen LogP contribution < -0.4 is 15.0 Å². The number of anilines is 1. The second-order valence-electron chi connectivity index (χ2n) is 13.5. The van der Waals surface area contributed by atoms with Crippen molar-refractivity contribution in [3.05, 3.63) is 64.2 Å². The number of amides is 1. The van der Waals surface area contributed by atoms with Crippen LogP contribution in [-0.2, 0) is 36.5 Å². The molecule has 45 heavy (non-hydrogen) atoms. The Hall–Kier alpha value is -3.51. The number of hydrogen-bond donors (Lipinski definition) is 1. The minimum absolute atomic E-state index is 0.00115. The van der Waals surface area contributed by atoms with Crippen LogP contribution in [0.4, 0.5) is 19.0 Å². The first-order valence-electron chi connectivity index (χ1n) is 15.8. The predicted octanol–water partition coefficient (Wildman–Crippen LogP) is 5.84. The van der Waals surface area contributed by atoms with Gasteiger partial charge in [-0.3, -0.25) is 9.69 Å². The normalized spacial score (nSPS) is 24.4. The van der Waals surface area contributed by atoms with Crippen LogP contribution in [0.1, 0.15) is 103 Å². The number of aromatic nitrogens is 4. The molecule has 1 aliphatic heterocycles. The van der Waals surface area contributed by atoms with Crippen LogP contribution in [0.5, 0.6) is 5.88 Å². The molecule has 4 aliphatic rings. The SMILES string of the molecule is CO[C@H]1C[C@](c2cc(OC3CCCC3)nc(N3Cc4c(cc(CNC5(C)CCC5)cc4C(F)(F)F)C3=O)c2)(c2nncn2C)C1. The van der Waals surface area contributed by atoms with Gasteiger partial charge in [0.05, 0.1) is 23.6 Å². The van der Waals surface area contributed by atoms with E-state index in [2.05, 4.69) is 22.4 Å². The molecule has 1 amide bonds. The lowest BCUT2D eigenvalue weighted by molar-refractivity contribution is -0.138. The summed E-state index contributed by atoms with van der Waals surface area (Å²) in [4.78, 5) is 20.1. The van der Waals surface area contributed by atoms with E-state index < -0.39 is 23.1 Å². The lowest BCUT2D eigenvalue weighted by Crippen LogP contribution is -2.48. The van der Waals surface area contributed by atoms with E-state index >= 15 is 0 Å². The van der Waals surface area contributed by atoms with Gasteiger partial charge in [-0.1, -0.05) is 0 Å². The Balaban J connectivity index is 1.28. The van der Waals surface area contributed by atoms with Gasteiger partial charge in [-0.2, -0.15) is 18.2 Å². The van der Waals surface area contributed by atoms with Crippen molar-refractivity contribution in [2.24, 2.45) is 7.05 Å². The van der Waals surface area contributed by atoms with Gasteiger partial charge in [0.25, 0.3) is 5.91 Å². The highest BCUT2D eigenvalue weighted by atomic mass is 19.4. The minimum Gasteiger partial charge on any atom is -0.474 e. The molecule has 3 saturated carbocycles. The zero-order chi connectivity index (χ0) is 31.6. The van der Waals surface area contributed by atoms with Crippen molar-refractivity contribution in [2.45, 2.75) is 107 Å². The van der Waals surface area contributed by atoms with Crippen LogP contribution in [0.15, 0.2) is 30.6 Å². The Labute approximate surface area is 260 Å². The highest BCUT2D eigenvalue weighted by Gasteiger charge is 2.51. The second-order valence-corrected chi connectivity index (χ2v) is 13.5. The lowest BCUT2D eigenvalue weighted by Gasteiger charge is -2.46. The van der Waals surface area contributed by atoms with Gasteiger partial charge in [-0.25, -0.2) is 0 Å². The minimum atomic E-state index is -4.61. The predicted molar refractivity (Wildman–Crippen MR) is 160 cm³/mol. The van der Waals surface area contributed by atoms with E-state index in [1.54, 1.807) is 25.6 Å². The van der Waals surface area contributed by atoms with Gasteiger partial charge in [0.1, 0.15) is 24.1 Å². The maximum Gasteiger partial charge on any atom is 0.416 e. The number of methoxy groups -OCH3 is 1. The first kappa shape index (κ1) is 30.2. The molecule has 0 atom stereocenters. The molecule has 12 heteroatoms. The van der Waals surface area contributed by atoms with Crippen LogP contribution in [0.25, 0.3) is 0 Å². The van der Waals surface area contributed by atoms with Crippen molar-refractivity contribution in [3.8, 4) is 5.88 Å². The highest BCUT2D eigenvalue weighted by molar-refractivity contribution is 6.10. The third kappa shape index (κ3) is 5.39. The fourth-order valence-corrected chi connectivity index (χ4v) is 7.50. The number of nitrogens with one attached hydrogen (secondary N) is 1. The largest absolute Gasteiger partial charge is 0.474 e. The lowest BCUT2D eigenvalue weighted by atomic mass is 9.62. The fourth-order valence-electron chi connectivity index (χ4n) is 7.50. The van der Waals surface area contributed by atoms with Gasteiger partial charge < -0.3 is 19.4 Å². The smallest absolute Gasteiger partial charge is 0.416 e. The van der Waals surface area contributed by atoms with Crippen molar-refractivity contribution in [3.63, 3.8) is 0 Å². The average Bonchev–Trinajstić information content (AvgIpc) is 3.71. The highest BCUT2D eigenvalue weighted by Crippen LogP contribution is 2.51. The molecule has 3 aliphatic carbocycles. The first-order valence-corrected chi connectivity index (χ1v) is 15.8. The molecule has 3 aromatic rings. The standard InChI is InChI=1S/C33H39F3N6O3/c1-31(9-6-10-31)37-17-20-11-24-25(26(12-20)33(34,35)36)18-42(29(24)43)27-13-21(14-28(39-27)45-22-7-4-5-8-22)32(15-23(16-32)44-3)30-40-38-19-41(30)2/h11-14,19,22-23,37H,4-10,15-18H2,1-3H3/t23-,32-. The van der Waals surface area contributed by atoms with E-state index in [1.807, 2.05) is 17.7 Å². The Morgan fingerprint density at radius 2 is 1.82 bits per heavy atom. The summed E-state index contributed by atoms with van der Waals surface area (Å²) in [6, 6.07) is 6.49. The van der Waals surface area contributed by atoms with Crippen molar-refractivity contribution in [2.75, 3.05) is 12.0 Å². The Morgan fingerprint density at radius 3 is 2.44 bits per heavy atom. The quantitative estimate of drug-likeness (QED) is 0.320. The molecular formula is C33H39F3N6O3. The second kappa shape index (κ2) is 11.1. The molecule has 0 saturated heterocycles. The molecule has 3 heterocycles. The van der Waals surface area contributed by atoms with Gasteiger partial charge in [0.2, 0.25) is 5.88 Å². The molecule has 240 valence electrons. The molecule has 0 radical (unpaired) electrons. The number of benzene rings is 1. The molecular weight excluding hydrogens is 585 g/mol. The van der Waals surface area contributed by atoms with E-state index in [-0.39, 0.29) is 47.8 Å². The number of alkyl halides is 3. The summed E-state index contributed by atoms with van der Waals surface area (Å²) in [6.07, 6.45) is 5.26. The molecule has 0 unspecified atom stereocenters. The van der Waals surface area contributed by atoms with Gasteiger partial charge in [0.15, 0.2) is 0 Å². The maximum atomic E-state index is 14.4. The third-order valence-electron chi connectivity index (χ3n) is 10.4. The third-order valence-corrected chi connectivity index (χ3v) is 10.4. The average molecular weight is 625 g/mol. The summed E-state index contributed by atoms with van der Waals surface area (Å²) >= 11 is 0. The number of hydrogen-bond acceptors (Lipinski definition) is 7. The molecule has 1 N–H and O–H groups in total. The van der Waals surface area contributed by atoms with Crippen LogP contribution in [0.3, 0.4) is 0 Å². The Morgan fingerprint density at radius 1 is 1.07 bits per heavy atom. The topological polar surface area (TPSA) is 94.4 Å². The number of pyridine rings is 1. The van der Waals surface area contributed by atoms with Crippen molar-refractivity contribution in [1.82, 2.24) is 25.1 Å². The first-order chi connectivity index (χ1) is 21.5. The van der Waals surface area contributed by atoms with Crippen molar-refractivity contribution < 1.29 is 27.4 Å². The number of rotatable bonds is 9. The number of aryl methyl sites for hydroxylation is 1. The van der Waals surface area contributed by atoms with Gasteiger partial charge in [-0.15, -0.1) is 10.2 Å². The molecule has 3 fully saturated rings. The summed E-state index contributed by atoms with van der Waals surface area (Å²) in [5.74, 6) is 0.862. The van der Waals surface area contributed by atoms with Crippen molar-refractivity contribution >= 4 is 11.7 Å². The summed E-state index contributed by atoms with van der Waals surface area (Å²) < 4.78 is 57.2. The molecule has 7 rings (SSSR count). The molecule has 1 aromatic carbocycles. The Bertz CT molecular complexity index is 1610. The van der Waals surface area contributed by atoms with Gasteiger partial charge in [-0.05, 0) is 99.6 Å². The van der Waals surface area contributed by atoms with Crippen molar-refractivity contribution in [1.29, 1.82) is 0 Å². The van der Waals surface area contributed by atoms with E-state index in [0.29, 0.717) is 24.3 Å². The van der Waals surface area contributed by atoms with E-state index in [1.165, 1.54) is 11.0 Å². The molecule has 9 nitrogen and oxygen atoms in total. The number of fused-ring (bicyclic) bond motifs is 1. The summed E-state index contributed by atoms with van der Waals surface area (Å²) in [5.41, 5.74) is -0.140. The number of carbonyl (C=O) groups is 1. The fraction of sp³-hybridized carbons (Fsp3) is 0.576. The van der Waals surface area contributed by atoms with Gasteiger partial charge in [0, 0.05) is 37.9 Å². The Kier molecular flexibility index (Phi) is 7.43. The van der Waals surface area contributed by atoms with E-state index in [0.717, 1.165) is 56.3 Å². The van der Waals surface area contributed by atoms with Crippen LogP contribution in [-0.4, -0.2) is 50.5 Å². The number of halogens is 3. The summed E-state index contributed by atoms with van der Waals surface area (Å²) in [7, 11) is 3.55. The number of ether oxygens (including phenoxy) is 2. The van der Waals surface area contributed by atoms with E-state index in [9.17, 15) is 18.0 Å². The monoisotopic (exact) mass is 624 g/mol. The summed E-state index contributed by atoms with van der Waals surface area (Å²) in [5, 5.41) is 12.0. The van der Waals surface area contributed by atoms with Gasteiger partial charge >= 0.3 is 6.18 Å². The molecule has 0 spiro atoms. The molecule has 0 bridgehead atoms. The zero-order valence-electron chi connectivity index (χ0n) is 25.9. The van der Waals surface area contributed by atoms with E-state index in [4.69, 9.17) is 14.5 Å². The van der Waals surface area contributed by atoms with Crippen LogP contribution >= 0.6 is 0 Å².